The first-order valence-corrected chi connectivity index (χ1v) is 8.80. The molecule has 128 valence electrons. The van der Waals surface area contributed by atoms with Gasteiger partial charge < -0.3 is 25.1 Å². The van der Waals surface area contributed by atoms with Crippen LogP contribution in [0.15, 0.2) is 18.3 Å². The van der Waals surface area contributed by atoms with E-state index in [9.17, 15) is 4.21 Å². The monoisotopic (exact) mass is 347 g/mol. The Bertz CT molecular complexity index is 797. The molecule has 0 spiro atoms. The summed E-state index contributed by atoms with van der Waals surface area (Å²) in [6.45, 7) is 3.86. The molecule has 2 aromatic rings. The quantitative estimate of drug-likeness (QED) is 0.895. The Morgan fingerprint density at radius 3 is 2.79 bits per heavy atom. The van der Waals surface area contributed by atoms with E-state index in [1.54, 1.807) is 26.5 Å². The zero-order valence-corrected chi connectivity index (χ0v) is 14.8. The van der Waals surface area contributed by atoms with Gasteiger partial charge in [-0.3, -0.25) is 9.19 Å². The molecule has 1 aliphatic heterocycles. The molecule has 1 aliphatic rings. The summed E-state index contributed by atoms with van der Waals surface area (Å²) in [5.41, 5.74) is 2.81. The molecule has 0 aromatic carbocycles. The smallest absolute Gasteiger partial charge is 0.128 e. The van der Waals surface area contributed by atoms with Crippen LogP contribution < -0.4 is 14.8 Å². The van der Waals surface area contributed by atoms with Gasteiger partial charge in [-0.1, -0.05) is 0 Å². The fourth-order valence-electron chi connectivity index (χ4n) is 2.59. The van der Waals surface area contributed by atoms with Crippen LogP contribution in [-0.4, -0.2) is 33.9 Å². The molecular weight excluding hydrogens is 328 g/mol. The van der Waals surface area contributed by atoms with Crippen molar-refractivity contribution in [1.29, 1.82) is 0 Å². The minimum absolute atomic E-state index is 0.286. The predicted molar refractivity (Wildman–Crippen MR) is 93.3 cm³/mol. The van der Waals surface area contributed by atoms with Gasteiger partial charge in [-0.05, 0) is 31.8 Å². The van der Waals surface area contributed by atoms with Crippen molar-refractivity contribution >= 4 is 22.3 Å². The van der Waals surface area contributed by atoms with E-state index in [-0.39, 0.29) is 5.75 Å². The van der Waals surface area contributed by atoms with E-state index in [4.69, 9.17) is 9.47 Å². The number of anilines is 1. The topological polar surface area (TPSA) is 87.4 Å². The van der Waals surface area contributed by atoms with E-state index >= 15 is 0 Å². The van der Waals surface area contributed by atoms with Crippen LogP contribution in [0.2, 0.25) is 0 Å². The molecule has 0 fully saturated rings. The number of nitrogens with zero attached hydrogens (tertiary/aromatic N) is 3. The van der Waals surface area contributed by atoms with Crippen molar-refractivity contribution in [2.75, 3.05) is 19.5 Å². The van der Waals surface area contributed by atoms with E-state index in [0.29, 0.717) is 11.7 Å². The Balaban J connectivity index is 1.75. The molecular formula is C16H19N4O3S-. The molecule has 24 heavy (non-hydrogen) atoms. The highest BCUT2D eigenvalue weighted by Gasteiger charge is 2.22. The molecule has 1 N–H and O–H groups in total. The number of hydrogen-bond acceptors (Lipinski definition) is 6. The lowest BCUT2D eigenvalue weighted by atomic mass is 10.1. The number of aromatic nitrogens is 2. The summed E-state index contributed by atoms with van der Waals surface area (Å²) in [6, 6.07) is 3.56. The molecule has 0 saturated carbocycles. The molecule has 0 amide bonds. The van der Waals surface area contributed by atoms with Crippen LogP contribution in [0.1, 0.15) is 16.8 Å². The van der Waals surface area contributed by atoms with Gasteiger partial charge in [0.25, 0.3) is 0 Å². The number of aryl methyl sites for hydroxylation is 1. The second-order valence-corrected chi connectivity index (χ2v) is 6.92. The van der Waals surface area contributed by atoms with Crippen LogP contribution in [0.4, 0.5) is 11.5 Å². The molecule has 7 nitrogen and oxygen atoms in total. The fourth-order valence-corrected chi connectivity index (χ4v) is 3.78. The number of nitrogens with one attached hydrogen (secondary N) is 1. The Kier molecular flexibility index (Phi) is 4.57. The zero-order chi connectivity index (χ0) is 17.3. The molecule has 0 saturated heterocycles. The molecule has 3 rings (SSSR count). The molecule has 8 heteroatoms. The van der Waals surface area contributed by atoms with Crippen molar-refractivity contribution < 1.29 is 13.7 Å². The Hall–Kier alpha value is -2.35. The Morgan fingerprint density at radius 2 is 2.08 bits per heavy atom. The third-order valence-corrected chi connectivity index (χ3v) is 5.13. The van der Waals surface area contributed by atoms with E-state index in [1.165, 1.54) is 0 Å². The van der Waals surface area contributed by atoms with Crippen molar-refractivity contribution in [1.82, 2.24) is 9.97 Å². The summed E-state index contributed by atoms with van der Waals surface area (Å²) < 4.78 is 23.2. The van der Waals surface area contributed by atoms with Crippen LogP contribution in [-0.2, 0) is 16.6 Å². The Morgan fingerprint density at radius 1 is 1.29 bits per heavy atom. The van der Waals surface area contributed by atoms with Gasteiger partial charge in [0.05, 0.1) is 25.7 Å². The first-order valence-electron chi connectivity index (χ1n) is 7.42. The first-order chi connectivity index (χ1) is 11.5. The maximum absolute atomic E-state index is 12.7. The predicted octanol–water partition coefficient (Wildman–Crippen LogP) is 2.77. The van der Waals surface area contributed by atoms with Crippen LogP contribution in [0.25, 0.3) is 5.32 Å². The molecule has 2 atom stereocenters. The van der Waals surface area contributed by atoms with Gasteiger partial charge in [0.15, 0.2) is 0 Å². The van der Waals surface area contributed by atoms with E-state index in [2.05, 4.69) is 20.6 Å². The van der Waals surface area contributed by atoms with Gasteiger partial charge in [-0.25, -0.2) is 0 Å². The van der Waals surface area contributed by atoms with Crippen molar-refractivity contribution in [3.8, 4) is 11.6 Å². The molecule has 0 radical (unpaired) electrons. The van der Waals surface area contributed by atoms with Crippen molar-refractivity contribution in [2.45, 2.75) is 25.1 Å². The van der Waals surface area contributed by atoms with Crippen molar-refractivity contribution in [2.24, 2.45) is 0 Å². The molecule has 2 unspecified atom stereocenters. The first kappa shape index (κ1) is 16.5. The molecule has 0 aliphatic carbocycles. The summed E-state index contributed by atoms with van der Waals surface area (Å²) in [7, 11) is 1.89. The third kappa shape index (κ3) is 3.01. The Labute approximate surface area is 143 Å². The summed E-state index contributed by atoms with van der Waals surface area (Å²) in [6.07, 6.45) is 1.73. The van der Waals surface area contributed by atoms with Crippen LogP contribution in [0.3, 0.4) is 0 Å². The maximum atomic E-state index is 12.7. The summed E-state index contributed by atoms with van der Waals surface area (Å²) in [5.74, 6) is 2.06. The SMILES string of the molecule is COc1ccc2c(n1)[N-]C(S(=O)Cc1ncc(C)c(OC)c1C)N2. The third-order valence-electron chi connectivity index (χ3n) is 3.86. The van der Waals surface area contributed by atoms with Gasteiger partial charge in [0, 0.05) is 33.8 Å². The highest BCUT2D eigenvalue weighted by atomic mass is 32.2. The van der Waals surface area contributed by atoms with Crippen LogP contribution >= 0.6 is 0 Å². The standard InChI is InChI=1S/C16H19N4O3S/c1-9-7-17-12(10(2)14(9)23-4)8-24(21)16-18-11-5-6-13(22-3)19-15(11)20-16/h5-7,16,18H,8H2,1-4H3/q-1. The molecule has 2 aromatic heterocycles. The molecule has 0 bridgehead atoms. The van der Waals surface area contributed by atoms with Gasteiger partial charge in [0.1, 0.15) is 17.1 Å². The van der Waals surface area contributed by atoms with Crippen LogP contribution in [0.5, 0.6) is 11.6 Å². The number of ether oxygens (including phenoxy) is 2. The number of hydrogen-bond donors (Lipinski definition) is 1. The average Bonchev–Trinajstić information content (AvgIpc) is 3.01. The number of rotatable bonds is 5. The maximum Gasteiger partial charge on any atom is 0.128 e. The molecule has 3 heterocycles. The van der Waals surface area contributed by atoms with Gasteiger partial charge in [0.2, 0.25) is 0 Å². The van der Waals surface area contributed by atoms with Gasteiger partial charge in [-0.2, -0.15) is 0 Å². The van der Waals surface area contributed by atoms with E-state index in [0.717, 1.165) is 28.3 Å². The van der Waals surface area contributed by atoms with Crippen LogP contribution in [0, 0.1) is 13.8 Å². The summed E-state index contributed by atoms with van der Waals surface area (Å²) >= 11 is 0. The lowest BCUT2D eigenvalue weighted by Crippen LogP contribution is -2.21. The van der Waals surface area contributed by atoms with E-state index in [1.807, 2.05) is 19.9 Å². The highest BCUT2D eigenvalue weighted by molar-refractivity contribution is 7.85. The lowest BCUT2D eigenvalue weighted by molar-refractivity contribution is 0.399. The normalized spacial score (nSPS) is 16.8. The van der Waals surface area contributed by atoms with E-state index < -0.39 is 16.3 Å². The summed E-state index contributed by atoms with van der Waals surface area (Å²) in [5, 5.41) is 7.51. The highest BCUT2D eigenvalue weighted by Crippen LogP contribution is 2.39. The lowest BCUT2D eigenvalue weighted by Gasteiger charge is -2.18. The summed E-state index contributed by atoms with van der Waals surface area (Å²) in [4.78, 5) is 8.64. The average molecular weight is 347 g/mol. The fraction of sp³-hybridized carbons (Fsp3) is 0.375. The largest absolute Gasteiger partial charge is 0.500 e. The number of fused-ring (bicyclic) bond motifs is 1. The minimum atomic E-state index is -1.28. The minimum Gasteiger partial charge on any atom is -0.500 e. The van der Waals surface area contributed by atoms with Gasteiger partial charge >= 0.3 is 0 Å². The zero-order valence-electron chi connectivity index (χ0n) is 14.0. The van der Waals surface area contributed by atoms with Crippen molar-refractivity contribution in [3.05, 3.63) is 40.5 Å². The number of pyridine rings is 2. The van der Waals surface area contributed by atoms with Crippen molar-refractivity contribution in [3.63, 3.8) is 0 Å². The second-order valence-electron chi connectivity index (χ2n) is 5.42. The van der Waals surface area contributed by atoms with Gasteiger partial charge in [-0.15, -0.1) is 0 Å². The number of methoxy groups -OCH3 is 2. The second kappa shape index (κ2) is 6.64.